The maximum Gasteiger partial charge on any atom is 0.321 e. The van der Waals surface area contributed by atoms with Crippen LogP contribution in [-0.2, 0) is 6.54 Å². The maximum absolute atomic E-state index is 12.3. The van der Waals surface area contributed by atoms with Crippen LogP contribution < -0.4 is 10.9 Å². The lowest BCUT2D eigenvalue weighted by molar-refractivity contribution is 0.219. The van der Waals surface area contributed by atoms with Crippen LogP contribution in [0, 0.1) is 6.92 Å². The Morgan fingerprint density at radius 1 is 1.21 bits per heavy atom. The molecule has 0 atom stereocenters. The molecule has 0 aliphatic carbocycles. The number of benzene rings is 2. The second kappa shape index (κ2) is 6.54. The van der Waals surface area contributed by atoms with Gasteiger partial charge < -0.3 is 15.2 Å². The van der Waals surface area contributed by atoms with Gasteiger partial charge in [0.25, 0.3) is 5.56 Å². The molecule has 0 saturated carbocycles. The minimum Gasteiger partial charge on any atom is -0.320 e. The van der Waals surface area contributed by atoms with E-state index in [0.29, 0.717) is 16.7 Å². The molecule has 6 nitrogen and oxygen atoms in total. The summed E-state index contributed by atoms with van der Waals surface area (Å²) in [6.45, 7) is 2.17. The van der Waals surface area contributed by atoms with Gasteiger partial charge in [0.2, 0.25) is 0 Å². The summed E-state index contributed by atoms with van der Waals surface area (Å²) in [4.78, 5) is 32.9. The van der Waals surface area contributed by atoms with E-state index in [-0.39, 0.29) is 18.1 Å². The minimum absolute atomic E-state index is 0.205. The first-order valence-corrected chi connectivity index (χ1v) is 7.59. The Morgan fingerprint density at radius 3 is 2.79 bits per heavy atom. The summed E-state index contributed by atoms with van der Waals surface area (Å²) in [6.07, 6.45) is 0. The first-order chi connectivity index (χ1) is 11.5. The van der Waals surface area contributed by atoms with Crippen LogP contribution >= 0.6 is 0 Å². The van der Waals surface area contributed by atoms with Crippen LogP contribution in [0.3, 0.4) is 0 Å². The van der Waals surface area contributed by atoms with E-state index in [9.17, 15) is 9.59 Å². The van der Waals surface area contributed by atoms with Crippen LogP contribution in [0.15, 0.2) is 53.3 Å². The zero-order chi connectivity index (χ0) is 17.1. The number of aryl methyl sites for hydroxylation is 1. The molecule has 6 heteroatoms. The zero-order valence-corrected chi connectivity index (χ0v) is 13.5. The highest BCUT2D eigenvalue weighted by Crippen LogP contribution is 2.11. The molecule has 3 aromatic rings. The number of urea groups is 1. The van der Waals surface area contributed by atoms with Crippen molar-refractivity contribution >= 4 is 22.6 Å². The molecule has 2 N–H and O–H groups in total. The number of H-pyrrole nitrogens is 1. The van der Waals surface area contributed by atoms with Gasteiger partial charge in [-0.15, -0.1) is 0 Å². The first kappa shape index (κ1) is 15.7. The Labute approximate surface area is 139 Å². The van der Waals surface area contributed by atoms with Crippen molar-refractivity contribution in [1.82, 2.24) is 14.9 Å². The molecule has 2 amide bonds. The fourth-order valence-electron chi connectivity index (χ4n) is 2.45. The van der Waals surface area contributed by atoms with Crippen molar-refractivity contribution < 1.29 is 4.79 Å². The number of nitrogens with zero attached hydrogens (tertiary/aromatic N) is 2. The van der Waals surface area contributed by atoms with Gasteiger partial charge in [0, 0.05) is 12.7 Å². The number of carbonyl (C=O) groups is 1. The normalized spacial score (nSPS) is 10.6. The van der Waals surface area contributed by atoms with Gasteiger partial charge in [0.05, 0.1) is 17.4 Å². The van der Waals surface area contributed by atoms with Crippen LogP contribution in [0.1, 0.15) is 11.4 Å². The topological polar surface area (TPSA) is 78.1 Å². The van der Waals surface area contributed by atoms with E-state index in [2.05, 4.69) is 15.3 Å². The van der Waals surface area contributed by atoms with E-state index >= 15 is 0 Å². The average Bonchev–Trinajstić information content (AvgIpc) is 2.55. The molecule has 0 bridgehead atoms. The first-order valence-electron chi connectivity index (χ1n) is 7.59. The molecule has 24 heavy (non-hydrogen) atoms. The molecule has 1 heterocycles. The third-order valence-corrected chi connectivity index (χ3v) is 3.66. The fourth-order valence-corrected chi connectivity index (χ4v) is 2.45. The van der Waals surface area contributed by atoms with Gasteiger partial charge in [0.1, 0.15) is 5.82 Å². The third-order valence-electron chi connectivity index (χ3n) is 3.66. The van der Waals surface area contributed by atoms with Crippen molar-refractivity contribution in [2.75, 3.05) is 12.4 Å². The van der Waals surface area contributed by atoms with Crippen LogP contribution in [0.4, 0.5) is 10.5 Å². The summed E-state index contributed by atoms with van der Waals surface area (Å²) >= 11 is 0. The lowest BCUT2D eigenvalue weighted by Gasteiger charge is -2.17. The molecule has 0 aliphatic rings. The minimum atomic E-state index is -0.267. The predicted molar refractivity (Wildman–Crippen MR) is 94.0 cm³/mol. The number of hydrogen-bond donors (Lipinski definition) is 2. The van der Waals surface area contributed by atoms with Gasteiger partial charge in [0.15, 0.2) is 0 Å². The summed E-state index contributed by atoms with van der Waals surface area (Å²) in [6, 6.07) is 14.4. The number of aromatic amines is 1. The molecular weight excluding hydrogens is 304 g/mol. The van der Waals surface area contributed by atoms with Gasteiger partial charge in [-0.1, -0.05) is 24.3 Å². The lowest BCUT2D eigenvalue weighted by Crippen LogP contribution is -2.32. The van der Waals surface area contributed by atoms with E-state index in [4.69, 9.17) is 0 Å². The van der Waals surface area contributed by atoms with Crippen LogP contribution in [0.2, 0.25) is 0 Å². The standard InChI is InChI=1S/C18H18N4O2/c1-12-6-5-7-13(10-12)19-18(24)22(2)11-16-20-15-9-4-3-8-14(15)17(23)21-16/h3-10H,11H2,1-2H3,(H,19,24)(H,20,21,23). The highest BCUT2D eigenvalue weighted by Gasteiger charge is 2.12. The summed E-state index contributed by atoms with van der Waals surface area (Å²) in [5.74, 6) is 0.445. The Kier molecular flexibility index (Phi) is 4.29. The van der Waals surface area contributed by atoms with Crippen molar-refractivity contribution in [3.8, 4) is 0 Å². The van der Waals surface area contributed by atoms with E-state index in [1.54, 1.807) is 25.2 Å². The summed E-state index contributed by atoms with van der Waals surface area (Å²) in [7, 11) is 1.65. The van der Waals surface area contributed by atoms with E-state index in [0.717, 1.165) is 11.3 Å². The quantitative estimate of drug-likeness (QED) is 0.778. The predicted octanol–water partition coefficient (Wildman–Crippen LogP) is 2.90. The number of para-hydroxylation sites is 1. The van der Waals surface area contributed by atoms with Crippen LogP contribution in [0.5, 0.6) is 0 Å². The SMILES string of the molecule is Cc1cccc(NC(=O)N(C)Cc2nc3ccccc3c(=O)[nH]2)c1. The molecule has 0 aliphatic heterocycles. The summed E-state index contributed by atoms with van der Waals surface area (Å²) in [5.41, 5.74) is 2.20. The van der Waals surface area contributed by atoms with Gasteiger partial charge in [-0.3, -0.25) is 4.79 Å². The molecule has 0 radical (unpaired) electrons. The average molecular weight is 322 g/mol. The number of hydrogen-bond acceptors (Lipinski definition) is 3. The van der Waals surface area contributed by atoms with E-state index in [1.165, 1.54) is 4.90 Å². The van der Waals surface area contributed by atoms with Gasteiger partial charge >= 0.3 is 6.03 Å². The van der Waals surface area contributed by atoms with Gasteiger partial charge in [-0.25, -0.2) is 9.78 Å². The Hall–Kier alpha value is -3.15. The number of anilines is 1. The summed E-state index contributed by atoms with van der Waals surface area (Å²) < 4.78 is 0. The fraction of sp³-hybridized carbons (Fsp3) is 0.167. The number of carbonyl (C=O) groups excluding carboxylic acids is 1. The molecule has 0 spiro atoms. The highest BCUT2D eigenvalue weighted by molar-refractivity contribution is 5.89. The number of nitrogens with one attached hydrogen (secondary N) is 2. The lowest BCUT2D eigenvalue weighted by atomic mass is 10.2. The summed E-state index contributed by atoms with van der Waals surface area (Å²) in [5, 5.41) is 3.36. The molecule has 3 rings (SSSR count). The Balaban J connectivity index is 1.75. The Bertz CT molecular complexity index is 949. The zero-order valence-electron chi connectivity index (χ0n) is 13.5. The van der Waals surface area contributed by atoms with E-state index < -0.39 is 0 Å². The molecule has 0 fully saturated rings. The molecule has 122 valence electrons. The molecule has 0 unspecified atom stereocenters. The second-order valence-corrected chi connectivity index (χ2v) is 5.69. The Morgan fingerprint density at radius 2 is 2.00 bits per heavy atom. The van der Waals surface area contributed by atoms with Crippen molar-refractivity contribution in [3.63, 3.8) is 0 Å². The number of rotatable bonds is 3. The van der Waals surface area contributed by atoms with Crippen molar-refractivity contribution in [2.45, 2.75) is 13.5 Å². The third kappa shape index (κ3) is 3.43. The van der Waals surface area contributed by atoms with Crippen molar-refractivity contribution in [2.24, 2.45) is 0 Å². The molecule has 2 aromatic carbocycles. The van der Waals surface area contributed by atoms with Crippen LogP contribution in [-0.4, -0.2) is 27.9 Å². The smallest absolute Gasteiger partial charge is 0.320 e. The highest BCUT2D eigenvalue weighted by atomic mass is 16.2. The monoisotopic (exact) mass is 322 g/mol. The van der Waals surface area contributed by atoms with E-state index in [1.807, 2.05) is 37.3 Å². The van der Waals surface area contributed by atoms with Crippen LogP contribution in [0.25, 0.3) is 10.9 Å². The molecule has 0 saturated heterocycles. The van der Waals surface area contributed by atoms with Gasteiger partial charge in [-0.05, 0) is 36.8 Å². The number of amides is 2. The van der Waals surface area contributed by atoms with Crippen molar-refractivity contribution in [1.29, 1.82) is 0 Å². The maximum atomic E-state index is 12.3. The van der Waals surface area contributed by atoms with Crippen molar-refractivity contribution in [3.05, 3.63) is 70.3 Å². The number of fused-ring (bicyclic) bond motifs is 1. The largest absolute Gasteiger partial charge is 0.321 e. The van der Waals surface area contributed by atoms with Gasteiger partial charge in [-0.2, -0.15) is 0 Å². The molecule has 1 aromatic heterocycles. The number of aromatic nitrogens is 2. The second-order valence-electron chi connectivity index (χ2n) is 5.69. The molecular formula is C18H18N4O2.